The zero-order valence-corrected chi connectivity index (χ0v) is 19.7. The van der Waals surface area contributed by atoms with E-state index in [1.54, 1.807) is 0 Å². The highest BCUT2D eigenvalue weighted by Gasteiger charge is 2.30. The Labute approximate surface area is 186 Å². The molecule has 3 rings (SSSR count). The second kappa shape index (κ2) is 10.6. The number of hydrogen-bond donors (Lipinski definition) is 1. The first-order valence-electron chi connectivity index (χ1n) is 9.88. The van der Waals surface area contributed by atoms with E-state index in [1.807, 2.05) is 6.08 Å². The molecule has 28 heavy (non-hydrogen) atoms. The first-order chi connectivity index (χ1) is 13.0. The molecule has 2 aliphatic rings. The van der Waals surface area contributed by atoms with Gasteiger partial charge in [0.25, 0.3) is 0 Å². The van der Waals surface area contributed by atoms with Crippen LogP contribution in [0.25, 0.3) is 0 Å². The van der Waals surface area contributed by atoms with Crippen molar-refractivity contribution in [1.29, 1.82) is 0 Å². The van der Waals surface area contributed by atoms with Gasteiger partial charge in [0, 0.05) is 26.2 Å². The maximum absolute atomic E-state index is 11.7. The third kappa shape index (κ3) is 6.20. The predicted molar refractivity (Wildman–Crippen MR) is 127 cm³/mol. The Morgan fingerprint density at radius 2 is 2.07 bits per heavy atom. The van der Waals surface area contributed by atoms with Crippen molar-refractivity contribution in [3.05, 3.63) is 48.6 Å². The highest BCUT2D eigenvalue weighted by atomic mass is 127. The molecule has 156 valence electrons. The first-order valence-corrected chi connectivity index (χ1v) is 11.7. The average Bonchev–Trinajstić information content (AvgIpc) is 3.01. The Morgan fingerprint density at radius 3 is 2.68 bits per heavy atom. The van der Waals surface area contributed by atoms with Gasteiger partial charge in [-0.2, -0.15) is 0 Å². The number of piperidine rings is 1. The monoisotopic (exact) mass is 517 g/mol. The number of likely N-dealkylation sites (tertiary alicyclic amines) is 1. The van der Waals surface area contributed by atoms with Crippen molar-refractivity contribution < 1.29 is 8.42 Å². The molecule has 2 aliphatic heterocycles. The van der Waals surface area contributed by atoms with Gasteiger partial charge < -0.3 is 10.2 Å². The summed E-state index contributed by atoms with van der Waals surface area (Å²) in [5.41, 5.74) is 1.42. The van der Waals surface area contributed by atoms with Crippen molar-refractivity contribution in [3.63, 3.8) is 0 Å². The number of rotatable bonds is 5. The van der Waals surface area contributed by atoms with Crippen LogP contribution in [0.3, 0.4) is 0 Å². The SMILES string of the molecule is C=CCNC(=NCC1CCS(=O)(=O)C1)N1CCC(c2ccccc2)C(C)C1.I. The van der Waals surface area contributed by atoms with Crippen LogP contribution < -0.4 is 5.32 Å². The van der Waals surface area contributed by atoms with E-state index >= 15 is 0 Å². The topological polar surface area (TPSA) is 61.8 Å². The number of nitrogens with zero attached hydrogens (tertiary/aromatic N) is 2. The van der Waals surface area contributed by atoms with Gasteiger partial charge in [0.2, 0.25) is 0 Å². The molecule has 2 fully saturated rings. The molecule has 1 N–H and O–H groups in total. The zero-order valence-electron chi connectivity index (χ0n) is 16.6. The molecular formula is C21H32IN3O2S. The van der Waals surface area contributed by atoms with Gasteiger partial charge in [-0.25, -0.2) is 8.42 Å². The van der Waals surface area contributed by atoms with E-state index in [0.717, 1.165) is 31.9 Å². The summed E-state index contributed by atoms with van der Waals surface area (Å²) < 4.78 is 23.4. The summed E-state index contributed by atoms with van der Waals surface area (Å²) in [6.45, 7) is 9.23. The molecule has 1 aromatic rings. The number of benzene rings is 1. The Hall–Kier alpha value is -1.09. The minimum Gasteiger partial charge on any atom is -0.353 e. The molecule has 3 unspecified atom stereocenters. The predicted octanol–water partition coefficient (Wildman–Crippen LogP) is 3.30. The van der Waals surface area contributed by atoms with E-state index in [4.69, 9.17) is 4.99 Å². The fraction of sp³-hybridized carbons (Fsp3) is 0.571. The summed E-state index contributed by atoms with van der Waals surface area (Å²) in [4.78, 5) is 7.10. The van der Waals surface area contributed by atoms with E-state index in [0.29, 0.717) is 30.7 Å². The number of aliphatic imine (C=N–C) groups is 1. The van der Waals surface area contributed by atoms with Crippen molar-refractivity contribution in [2.45, 2.75) is 25.7 Å². The lowest BCUT2D eigenvalue weighted by Gasteiger charge is -2.39. The van der Waals surface area contributed by atoms with Crippen molar-refractivity contribution in [1.82, 2.24) is 10.2 Å². The minimum atomic E-state index is -2.85. The van der Waals surface area contributed by atoms with Gasteiger partial charge in [0.05, 0.1) is 11.5 Å². The molecular weight excluding hydrogens is 485 g/mol. The summed E-state index contributed by atoms with van der Waals surface area (Å²) in [6, 6.07) is 10.7. The molecule has 0 aliphatic carbocycles. The first kappa shape index (κ1) is 23.2. The highest BCUT2D eigenvalue weighted by Crippen LogP contribution is 2.32. The van der Waals surface area contributed by atoms with Gasteiger partial charge in [-0.3, -0.25) is 4.99 Å². The van der Waals surface area contributed by atoms with E-state index < -0.39 is 9.84 Å². The molecule has 2 saturated heterocycles. The summed E-state index contributed by atoms with van der Waals surface area (Å²) in [5, 5.41) is 3.37. The van der Waals surface area contributed by atoms with Crippen LogP contribution in [0.15, 0.2) is 48.0 Å². The fourth-order valence-corrected chi connectivity index (χ4v) is 6.05. The summed E-state index contributed by atoms with van der Waals surface area (Å²) in [5.74, 6) is 2.72. The quantitative estimate of drug-likeness (QED) is 0.282. The van der Waals surface area contributed by atoms with Crippen molar-refractivity contribution >= 4 is 39.8 Å². The van der Waals surface area contributed by atoms with E-state index in [-0.39, 0.29) is 35.6 Å². The maximum Gasteiger partial charge on any atom is 0.194 e. The van der Waals surface area contributed by atoms with Gasteiger partial charge in [-0.1, -0.05) is 43.3 Å². The molecule has 0 saturated carbocycles. The number of nitrogens with one attached hydrogen (secondary N) is 1. The summed E-state index contributed by atoms with van der Waals surface area (Å²) >= 11 is 0. The van der Waals surface area contributed by atoms with Crippen LogP contribution in [-0.4, -0.2) is 57.0 Å². The lowest BCUT2D eigenvalue weighted by atomic mass is 9.82. The van der Waals surface area contributed by atoms with Crippen LogP contribution in [0.2, 0.25) is 0 Å². The van der Waals surface area contributed by atoms with Crippen molar-refractivity contribution in [2.24, 2.45) is 16.8 Å². The van der Waals surface area contributed by atoms with Crippen LogP contribution in [-0.2, 0) is 9.84 Å². The Bertz CT molecular complexity index is 767. The lowest BCUT2D eigenvalue weighted by molar-refractivity contribution is 0.234. The van der Waals surface area contributed by atoms with Crippen LogP contribution in [0.1, 0.15) is 31.2 Å². The van der Waals surface area contributed by atoms with Gasteiger partial charge >= 0.3 is 0 Å². The minimum absolute atomic E-state index is 0. The number of hydrogen-bond acceptors (Lipinski definition) is 3. The van der Waals surface area contributed by atoms with Gasteiger partial charge in [0.1, 0.15) is 0 Å². The molecule has 0 bridgehead atoms. The molecule has 0 radical (unpaired) electrons. The Balaban J connectivity index is 0.00000280. The zero-order chi connectivity index (χ0) is 19.3. The standard InChI is InChI=1S/C21H31N3O2S.HI/c1-3-11-22-21(23-14-18-10-13-27(25,26)16-18)24-12-9-20(17(2)15-24)19-7-5-4-6-8-19;/h3-8,17-18,20H,1,9-16H2,2H3,(H,22,23);1H. The van der Waals surface area contributed by atoms with Gasteiger partial charge in [-0.15, -0.1) is 30.6 Å². The molecule has 7 heteroatoms. The molecule has 0 spiro atoms. The molecule has 0 aromatic heterocycles. The van der Waals surface area contributed by atoms with Gasteiger partial charge in [-0.05, 0) is 36.2 Å². The number of sulfone groups is 1. The van der Waals surface area contributed by atoms with Crippen molar-refractivity contribution in [3.8, 4) is 0 Å². The Kier molecular flexibility index (Phi) is 8.80. The highest BCUT2D eigenvalue weighted by molar-refractivity contribution is 14.0. The van der Waals surface area contributed by atoms with Crippen LogP contribution in [0, 0.1) is 11.8 Å². The number of guanidine groups is 1. The molecule has 5 nitrogen and oxygen atoms in total. The maximum atomic E-state index is 11.7. The van der Waals surface area contributed by atoms with E-state index in [1.165, 1.54) is 5.56 Å². The third-order valence-electron chi connectivity index (χ3n) is 5.66. The smallest absolute Gasteiger partial charge is 0.194 e. The van der Waals surface area contributed by atoms with Crippen molar-refractivity contribution in [2.75, 3.05) is 37.7 Å². The second-order valence-corrected chi connectivity index (χ2v) is 10.1. The Morgan fingerprint density at radius 1 is 1.32 bits per heavy atom. The fourth-order valence-electron chi connectivity index (χ4n) is 4.20. The second-order valence-electron chi connectivity index (χ2n) is 7.83. The summed E-state index contributed by atoms with van der Waals surface area (Å²) in [7, 11) is -2.85. The molecule has 0 amide bonds. The van der Waals surface area contributed by atoms with Gasteiger partial charge in [0.15, 0.2) is 15.8 Å². The number of halogens is 1. The van der Waals surface area contributed by atoms with E-state index in [2.05, 4.69) is 54.1 Å². The lowest BCUT2D eigenvalue weighted by Crippen LogP contribution is -2.48. The molecule has 1 aromatic carbocycles. The molecule has 2 heterocycles. The normalized spacial score (nSPS) is 27.1. The molecule has 3 atom stereocenters. The van der Waals surface area contributed by atoms with Crippen LogP contribution in [0.5, 0.6) is 0 Å². The van der Waals surface area contributed by atoms with Crippen LogP contribution >= 0.6 is 24.0 Å². The average molecular weight is 517 g/mol. The largest absolute Gasteiger partial charge is 0.353 e. The third-order valence-corrected chi connectivity index (χ3v) is 7.50. The van der Waals surface area contributed by atoms with Crippen LogP contribution in [0.4, 0.5) is 0 Å². The summed E-state index contributed by atoms with van der Waals surface area (Å²) in [6.07, 6.45) is 3.65. The van der Waals surface area contributed by atoms with E-state index in [9.17, 15) is 8.42 Å².